The molecule has 0 aliphatic carbocycles. The highest BCUT2D eigenvalue weighted by atomic mass is 35.5. The topological polar surface area (TPSA) is 33.6 Å². The standard InChI is InChI=1S/C21H18ClFN2O/c22-21-7-2-1-5-18(21)14-25-24-13-17-4-3-6-20(12-17)26-15-16-8-10-19(23)11-9-16/h1-13,25H,14-15H2/b24-13-. The molecule has 0 fully saturated rings. The highest BCUT2D eigenvalue weighted by molar-refractivity contribution is 6.31. The summed E-state index contributed by atoms with van der Waals surface area (Å²) < 4.78 is 18.7. The smallest absolute Gasteiger partial charge is 0.123 e. The lowest BCUT2D eigenvalue weighted by Crippen LogP contribution is -2.06. The van der Waals surface area contributed by atoms with E-state index in [1.165, 1.54) is 12.1 Å². The van der Waals surface area contributed by atoms with Crippen LogP contribution in [0.5, 0.6) is 5.75 Å². The Bertz CT molecular complexity index is 881. The molecule has 3 rings (SSSR count). The number of benzene rings is 3. The normalized spacial score (nSPS) is 10.8. The van der Waals surface area contributed by atoms with Crippen LogP contribution in [0.25, 0.3) is 0 Å². The van der Waals surface area contributed by atoms with Gasteiger partial charge in [-0.05, 0) is 47.0 Å². The number of ether oxygens (including phenoxy) is 1. The van der Waals surface area contributed by atoms with Crippen LogP contribution in [0.3, 0.4) is 0 Å². The van der Waals surface area contributed by atoms with Gasteiger partial charge in [0, 0.05) is 5.02 Å². The lowest BCUT2D eigenvalue weighted by atomic mass is 10.2. The van der Waals surface area contributed by atoms with Crippen LogP contribution in [-0.4, -0.2) is 6.21 Å². The van der Waals surface area contributed by atoms with E-state index in [1.54, 1.807) is 18.3 Å². The Hall–Kier alpha value is -2.85. The van der Waals surface area contributed by atoms with Crippen molar-refractivity contribution >= 4 is 17.8 Å². The lowest BCUT2D eigenvalue weighted by Gasteiger charge is -2.07. The number of nitrogens with zero attached hydrogens (tertiary/aromatic N) is 1. The second kappa shape index (κ2) is 9.02. The third-order valence-electron chi connectivity index (χ3n) is 3.71. The van der Waals surface area contributed by atoms with Gasteiger partial charge in [0.25, 0.3) is 0 Å². The Morgan fingerprint density at radius 2 is 1.81 bits per heavy atom. The van der Waals surface area contributed by atoms with Gasteiger partial charge in [-0.3, -0.25) is 0 Å². The van der Waals surface area contributed by atoms with E-state index in [1.807, 2.05) is 48.5 Å². The van der Waals surface area contributed by atoms with Crippen molar-refractivity contribution in [2.24, 2.45) is 5.10 Å². The van der Waals surface area contributed by atoms with Crippen molar-refractivity contribution in [3.63, 3.8) is 0 Å². The second-order valence-corrected chi connectivity index (χ2v) is 6.08. The van der Waals surface area contributed by atoms with Crippen molar-refractivity contribution in [2.75, 3.05) is 0 Å². The molecule has 0 unspecified atom stereocenters. The van der Waals surface area contributed by atoms with Gasteiger partial charge in [-0.15, -0.1) is 0 Å². The number of hydrogen-bond donors (Lipinski definition) is 1. The predicted molar refractivity (Wildman–Crippen MR) is 103 cm³/mol. The fraction of sp³-hybridized carbons (Fsp3) is 0.0952. The summed E-state index contributed by atoms with van der Waals surface area (Å²) in [6.45, 7) is 0.933. The first-order valence-electron chi connectivity index (χ1n) is 8.17. The van der Waals surface area contributed by atoms with Crippen LogP contribution in [-0.2, 0) is 13.2 Å². The number of rotatable bonds is 7. The van der Waals surface area contributed by atoms with E-state index in [0.29, 0.717) is 18.2 Å². The van der Waals surface area contributed by atoms with Crippen molar-refractivity contribution in [2.45, 2.75) is 13.2 Å². The van der Waals surface area contributed by atoms with Gasteiger partial charge in [0.05, 0.1) is 12.8 Å². The Morgan fingerprint density at radius 1 is 1.00 bits per heavy atom. The third-order valence-corrected chi connectivity index (χ3v) is 4.08. The van der Waals surface area contributed by atoms with Crippen molar-refractivity contribution in [1.82, 2.24) is 5.43 Å². The second-order valence-electron chi connectivity index (χ2n) is 5.67. The molecule has 0 aromatic heterocycles. The molecule has 26 heavy (non-hydrogen) atoms. The van der Waals surface area contributed by atoms with Crippen molar-refractivity contribution < 1.29 is 9.13 Å². The quantitative estimate of drug-likeness (QED) is 0.460. The molecule has 0 spiro atoms. The molecule has 0 aliphatic rings. The molecule has 0 saturated carbocycles. The van der Waals surface area contributed by atoms with E-state index in [0.717, 1.165) is 22.4 Å². The Balaban J connectivity index is 1.53. The highest BCUT2D eigenvalue weighted by Crippen LogP contribution is 2.15. The summed E-state index contributed by atoms with van der Waals surface area (Å²) in [6.07, 6.45) is 1.72. The van der Waals surface area contributed by atoms with Gasteiger partial charge in [0.1, 0.15) is 18.2 Å². The molecule has 132 valence electrons. The maximum atomic E-state index is 12.9. The zero-order valence-electron chi connectivity index (χ0n) is 14.0. The van der Waals surface area contributed by atoms with Gasteiger partial charge in [0.15, 0.2) is 0 Å². The summed E-state index contributed by atoms with van der Waals surface area (Å²) in [5.74, 6) is 0.473. The summed E-state index contributed by atoms with van der Waals surface area (Å²) >= 11 is 6.11. The largest absolute Gasteiger partial charge is 0.489 e. The fourth-order valence-corrected chi connectivity index (χ4v) is 2.53. The van der Waals surface area contributed by atoms with E-state index in [2.05, 4.69) is 10.5 Å². The average Bonchev–Trinajstić information content (AvgIpc) is 2.66. The third kappa shape index (κ3) is 5.33. The van der Waals surface area contributed by atoms with Crippen molar-refractivity contribution in [1.29, 1.82) is 0 Å². The summed E-state index contributed by atoms with van der Waals surface area (Å²) in [6, 6.07) is 21.5. The Labute approximate surface area is 157 Å². The van der Waals surface area contributed by atoms with E-state index < -0.39 is 0 Å². The zero-order chi connectivity index (χ0) is 18.2. The summed E-state index contributed by atoms with van der Waals surface area (Å²) in [7, 11) is 0. The predicted octanol–water partition coefficient (Wildman–Crippen LogP) is 5.18. The molecule has 0 aliphatic heterocycles. The average molecular weight is 369 g/mol. The van der Waals surface area contributed by atoms with Crippen molar-refractivity contribution in [3.05, 3.63) is 100 Å². The van der Waals surface area contributed by atoms with Gasteiger partial charge in [0.2, 0.25) is 0 Å². The van der Waals surface area contributed by atoms with Gasteiger partial charge in [-0.1, -0.05) is 54.1 Å². The molecule has 0 bridgehead atoms. The van der Waals surface area contributed by atoms with Crippen LogP contribution in [0.1, 0.15) is 16.7 Å². The zero-order valence-corrected chi connectivity index (χ0v) is 14.8. The first kappa shape index (κ1) is 18.0. The van der Waals surface area contributed by atoms with Gasteiger partial charge >= 0.3 is 0 Å². The Morgan fingerprint density at radius 3 is 2.62 bits per heavy atom. The molecule has 5 heteroatoms. The van der Waals surface area contributed by atoms with E-state index in [4.69, 9.17) is 16.3 Å². The molecule has 1 N–H and O–H groups in total. The summed E-state index contributed by atoms with van der Waals surface area (Å²) in [5, 5.41) is 4.93. The molecule has 0 heterocycles. The number of hydrazone groups is 1. The minimum atomic E-state index is -0.253. The van der Waals surface area contributed by atoms with Crippen LogP contribution in [0, 0.1) is 5.82 Å². The molecule has 3 nitrogen and oxygen atoms in total. The maximum Gasteiger partial charge on any atom is 0.123 e. The van der Waals surface area contributed by atoms with Gasteiger partial charge in [-0.2, -0.15) is 5.10 Å². The lowest BCUT2D eigenvalue weighted by molar-refractivity contribution is 0.306. The molecule has 0 radical (unpaired) electrons. The maximum absolute atomic E-state index is 12.9. The monoisotopic (exact) mass is 368 g/mol. The molecule has 0 amide bonds. The molecule has 3 aromatic rings. The van der Waals surface area contributed by atoms with Gasteiger partial charge in [-0.25, -0.2) is 4.39 Å². The number of halogens is 2. The highest BCUT2D eigenvalue weighted by Gasteiger charge is 1.99. The van der Waals surface area contributed by atoms with Crippen molar-refractivity contribution in [3.8, 4) is 5.75 Å². The molecule has 3 aromatic carbocycles. The first-order chi connectivity index (χ1) is 12.7. The molecule has 0 atom stereocenters. The van der Waals surface area contributed by atoms with E-state index in [-0.39, 0.29) is 5.82 Å². The van der Waals surface area contributed by atoms with Gasteiger partial charge < -0.3 is 10.2 Å². The number of nitrogens with one attached hydrogen (secondary N) is 1. The van der Waals surface area contributed by atoms with Crippen LogP contribution in [0.15, 0.2) is 77.9 Å². The van der Waals surface area contributed by atoms with Crippen LogP contribution in [0.4, 0.5) is 4.39 Å². The molecular weight excluding hydrogens is 351 g/mol. The van der Waals surface area contributed by atoms with E-state index in [9.17, 15) is 4.39 Å². The van der Waals surface area contributed by atoms with Crippen LogP contribution < -0.4 is 10.2 Å². The molecular formula is C21H18ClFN2O. The van der Waals surface area contributed by atoms with Crippen LogP contribution in [0.2, 0.25) is 5.02 Å². The minimum absolute atomic E-state index is 0.253. The Kier molecular flexibility index (Phi) is 6.23. The SMILES string of the molecule is Fc1ccc(COc2cccc(/C=N\NCc3ccccc3Cl)c2)cc1. The van der Waals surface area contributed by atoms with E-state index >= 15 is 0 Å². The number of hydrogen-bond acceptors (Lipinski definition) is 3. The minimum Gasteiger partial charge on any atom is -0.489 e. The first-order valence-corrected chi connectivity index (χ1v) is 8.55. The van der Waals surface area contributed by atoms with Crippen LogP contribution >= 0.6 is 11.6 Å². The fourth-order valence-electron chi connectivity index (χ4n) is 2.32. The summed E-state index contributed by atoms with van der Waals surface area (Å²) in [4.78, 5) is 0. The molecule has 0 saturated heterocycles. The summed E-state index contributed by atoms with van der Waals surface area (Å²) in [5.41, 5.74) is 5.79.